The van der Waals surface area contributed by atoms with Crippen LogP contribution >= 0.6 is 11.6 Å². The zero-order valence-electron chi connectivity index (χ0n) is 16.8. The maximum atomic E-state index is 12.9. The van der Waals surface area contributed by atoms with E-state index in [1.54, 1.807) is 23.1 Å². The molecule has 10 nitrogen and oxygen atoms in total. The molecule has 1 aliphatic rings. The fraction of sp³-hybridized carbons (Fsp3) is 0.190. The number of anilines is 2. The van der Waals surface area contributed by atoms with Crippen molar-refractivity contribution in [3.63, 3.8) is 0 Å². The molecule has 5 rings (SSSR count). The third-order valence-corrected chi connectivity index (χ3v) is 5.67. The quantitative estimate of drug-likeness (QED) is 0.404. The summed E-state index contributed by atoms with van der Waals surface area (Å²) in [6.45, 7) is 4.61. The molecule has 3 aromatic heterocycles. The Balaban J connectivity index is 1.40. The highest BCUT2D eigenvalue weighted by Crippen LogP contribution is 2.30. The molecule has 4 N–H and O–H groups in total. The maximum absolute atomic E-state index is 12.9. The number of nitrogens with two attached hydrogens (primary N) is 1. The van der Waals surface area contributed by atoms with Gasteiger partial charge >= 0.3 is 6.01 Å². The number of rotatable bonds is 4. The topological polar surface area (TPSA) is 143 Å². The molecule has 11 heteroatoms. The molecule has 0 bridgehead atoms. The number of carbonyl (C=O) groups is 2. The van der Waals surface area contributed by atoms with Crippen LogP contribution in [0.4, 0.5) is 11.8 Å². The van der Waals surface area contributed by atoms with Crippen LogP contribution in [0.5, 0.6) is 0 Å². The van der Waals surface area contributed by atoms with Gasteiger partial charge in [0.05, 0.1) is 10.9 Å². The van der Waals surface area contributed by atoms with Crippen LogP contribution in [-0.4, -0.2) is 49.7 Å². The minimum atomic E-state index is -0.472. The molecule has 1 fully saturated rings. The Bertz CT molecular complexity index is 1390. The number of amides is 2. The first-order valence-corrected chi connectivity index (χ1v) is 10.2. The fourth-order valence-corrected chi connectivity index (χ4v) is 4.03. The van der Waals surface area contributed by atoms with Crippen molar-refractivity contribution >= 4 is 57.4 Å². The number of halogens is 1. The van der Waals surface area contributed by atoms with Crippen molar-refractivity contribution in [3.05, 3.63) is 53.5 Å². The Morgan fingerprint density at radius 1 is 1.34 bits per heavy atom. The number of likely N-dealkylation sites (tertiary alicyclic amines) is 1. The summed E-state index contributed by atoms with van der Waals surface area (Å²) in [4.78, 5) is 42.6. The smallest absolute Gasteiger partial charge is 0.302 e. The number of hydrogen-bond donors (Lipinski definition) is 3. The number of oxazole rings is 1. The second-order valence-corrected chi connectivity index (χ2v) is 7.89. The van der Waals surface area contributed by atoms with E-state index in [1.165, 1.54) is 12.3 Å². The number of benzene rings is 1. The van der Waals surface area contributed by atoms with Gasteiger partial charge in [0.25, 0.3) is 5.91 Å². The van der Waals surface area contributed by atoms with Crippen LogP contribution in [-0.2, 0) is 4.79 Å². The molecule has 32 heavy (non-hydrogen) atoms. The number of fused-ring (bicyclic) bond motifs is 2. The Labute approximate surface area is 186 Å². The van der Waals surface area contributed by atoms with Gasteiger partial charge in [-0.1, -0.05) is 18.2 Å². The minimum absolute atomic E-state index is 0.0376. The lowest BCUT2D eigenvalue weighted by atomic mass is 10.1. The first kappa shape index (κ1) is 20.0. The molecule has 4 aromatic rings. The number of carbonyl (C=O) groups excluding carboxylic acids is 2. The number of aromatic nitrogens is 4. The lowest BCUT2D eigenvalue weighted by Crippen LogP contribution is -2.26. The van der Waals surface area contributed by atoms with Gasteiger partial charge in [-0.25, -0.2) is 9.97 Å². The highest BCUT2D eigenvalue weighted by Gasteiger charge is 2.29. The highest BCUT2D eigenvalue weighted by atomic mass is 35.5. The van der Waals surface area contributed by atoms with Crippen molar-refractivity contribution in [1.82, 2.24) is 24.8 Å². The summed E-state index contributed by atoms with van der Waals surface area (Å²) in [5.74, 6) is 0.0633. The first-order chi connectivity index (χ1) is 15.4. The van der Waals surface area contributed by atoms with Crippen molar-refractivity contribution in [1.29, 1.82) is 0 Å². The summed E-state index contributed by atoms with van der Waals surface area (Å²) in [5.41, 5.74) is 7.93. The Hall–Kier alpha value is -3.92. The molecule has 2 amide bonds. The molecule has 1 unspecified atom stereocenters. The number of aromatic amines is 1. The summed E-state index contributed by atoms with van der Waals surface area (Å²) in [5, 5.41) is 3.54. The van der Waals surface area contributed by atoms with Crippen molar-refractivity contribution in [3.8, 4) is 0 Å². The molecule has 162 valence electrons. The van der Waals surface area contributed by atoms with E-state index in [1.807, 2.05) is 0 Å². The first-order valence-electron chi connectivity index (χ1n) is 9.86. The minimum Gasteiger partial charge on any atom is -0.423 e. The zero-order valence-corrected chi connectivity index (χ0v) is 17.5. The molecule has 0 saturated carbocycles. The summed E-state index contributed by atoms with van der Waals surface area (Å²) in [6, 6.07) is 5.02. The largest absolute Gasteiger partial charge is 0.423 e. The molecule has 0 spiro atoms. The molecule has 0 radical (unpaired) electrons. The molecule has 4 heterocycles. The van der Waals surface area contributed by atoms with Gasteiger partial charge in [0.1, 0.15) is 22.8 Å². The van der Waals surface area contributed by atoms with Gasteiger partial charge in [-0.3, -0.25) is 14.9 Å². The van der Waals surface area contributed by atoms with Crippen LogP contribution < -0.4 is 11.1 Å². The molecular weight excluding hydrogens is 434 g/mol. The van der Waals surface area contributed by atoms with E-state index in [0.29, 0.717) is 46.1 Å². The standard InChI is InChI=1S/C21H18ClN7O3/c1-2-15(30)29-6-5-10(9-29)18-26-17(23)16-12(8-24-19(16)27-18)20(31)28-21-25-13-7-11(22)3-4-14(13)32-21/h2-4,7-8,10H,1,5-6,9H2,(H,25,28,31)(H3,23,24,26,27). The van der Waals surface area contributed by atoms with E-state index in [9.17, 15) is 9.59 Å². The average Bonchev–Trinajstić information content (AvgIpc) is 3.50. The van der Waals surface area contributed by atoms with E-state index in [4.69, 9.17) is 21.8 Å². The van der Waals surface area contributed by atoms with Crippen molar-refractivity contribution in [2.75, 3.05) is 24.1 Å². The Morgan fingerprint density at radius 2 is 2.19 bits per heavy atom. The predicted molar refractivity (Wildman–Crippen MR) is 119 cm³/mol. The third-order valence-electron chi connectivity index (χ3n) is 5.43. The average molecular weight is 452 g/mol. The van der Waals surface area contributed by atoms with Gasteiger partial charge in [0.2, 0.25) is 5.91 Å². The van der Waals surface area contributed by atoms with Crippen LogP contribution in [0.3, 0.4) is 0 Å². The van der Waals surface area contributed by atoms with Gasteiger partial charge in [-0.15, -0.1) is 0 Å². The summed E-state index contributed by atoms with van der Waals surface area (Å²) in [6.07, 6.45) is 3.53. The second-order valence-electron chi connectivity index (χ2n) is 7.45. The van der Waals surface area contributed by atoms with E-state index >= 15 is 0 Å². The summed E-state index contributed by atoms with van der Waals surface area (Å²) < 4.78 is 5.55. The van der Waals surface area contributed by atoms with Crippen LogP contribution in [0.15, 0.2) is 41.5 Å². The van der Waals surface area contributed by atoms with Crippen LogP contribution in [0.1, 0.15) is 28.5 Å². The fourth-order valence-electron chi connectivity index (χ4n) is 3.86. The second kappa shape index (κ2) is 7.65. The van der Waals surface area contributed by atoms with Crippen molar-refractivity contribution in [2.24, 2.45) is 0 Å². The number of nitrogens with zero attached hydrogens (tertiary/aromatic N) is 4. The lowest BCUT2D eigenvalue weighted by molar-refractivity contribution is -0.125. The molecular formula is C21H18ClN7O3. The van der Waals surface area contributed by atoms with E-state index in [2.05, 4.69) is 31.8 Å². The van der Waals surface area contributed by atoms with Crippen LogP contribution in [0.2, 0.25) is 5.02 Å². The van der Waals surface area contributed by atoms with Gasteiger partial charge in [0, 0.05) is 30.2 Å². The maximum Gasteiger partial charge on any atom is 0.302 e. The predicted octanol–water partition coefficient (Wildman–Crippen LogP) is 3.09. The van der Waals surface area contributed by atoms with Gasteiger partial charge in [0.15, 0.2) is 5.58 Å². The number of nitrogen functional groups attached to an aromatic ring is 1. The van der Waals surface area contributed by atoms with Crippen LogP contribution in [0, 0.1) is 0 Å². The SMILES string of the molecule is C=CC(=O)N1CCC(c2nc(N)c3c(C(=O)Nc4nc5cc(Cl)ccc5o4)c[nH]c3n2)C1. The van der Waals surface area contributed by atoms with E-state index < -0.39 is 5.91 Å². The van der Waals surface area contributed by atoms with Crippen molar-refractivity contribution in [2.45, 2.75) is 12.3 Å². The molecule has 1 atom stereocenters. The van der Waals surface area contributed by atoms with Crippen molar-refractivity contribution < 1.29 is 14.0 Å². The third kappa shape index (κ3) is 3.44. The summed E-state index contributed by atoms with van der Waals surface area (Å²) in [7, 11) is 0. The monoisotopic (exact) mass is 451 g/mol. The number of hydrogen-bond acceptors (Lipinski definition) is 7. The van der Waals surface area contributed by atoms with Gasteiger partial charge in [-0.05, 0) is 30.7 Å². The number of nitrogens with one attached hydrogen (secondary N) is 2. The molecule has 1 aliphatic heterocycles. The van der Waals surface area contributed by atoms with Gasteiger partial charge < -0.3 is 20.0 Å². The number of H-pyrrole nitrogens is 1. The molecule has 1 saturated heterocycles. The lowest BCUT2D eigenvalue weighted by Gasteiger charge is -2.13. The highest BCUT2D eigenvalue weighted by molar-refractivity contribution is 6.31. The molecule has 1 aromatic carbocycles. The van der Waals surface area contributed by atoms with E-state index in [0.717, 1.165) is 6.42 Å². The normalized spacial score (nSPS) is 16.0. The van der Waals surface area contributed by atoms with Crippen LogP contribution in [0.25, 0.3) is 22.1 Å². The zero-order chi connectivity index (χ0) is 22.4. The Kier molecular flexibility index (Phi) is 4.78. The Morgan fingerprint density at radius 3 is 3.00 bits per heavy atom. The van der Waals surface area contributed by atoms with Gasteiger partial charge in [-0.2, -0.15) is 4.98 Å². The van der Waals surface area contributed by atoms with E-state index in [-0.39, 0.29) is 29.2 Å². The molecule has 0 aliphatic carbocycles. The summed E-state index contributed by atoms with van der Waals surface area (Å²) >= 11 is 5.96.